The number of nitrogens with two attached hydrogens (primary N) is 1. The molecule has 1 atom stereocenters. The Balaban J connectivity index is 2.38. The zero-order valence-electron chi connectivity index (χ0n) is 13.1. The van der Waals surface area contributed by atoms with Crippen molar-refractivity contribution in [1.82, 2.24) is 5.32 Å². The zero-order chi connectivity index (χ0) is 15.0. The van der Waals surface area contributed by atoms with Crippen molar-refractivity contribution < 1.29 is 14.3 Å². The van der Waals surface area contributed by atoms with E-state index in [4.69, 9.17) is 15.2 Å². The van der Waals surface area contributed by atoms with Crippen LogP contribution in [0.15, 0.2) is 0 Å². The van der Waals surface area contributed by atoms with Gasteiger partial charge in [-0.1, -0.05) is 6.92 Å². The van der Waals surface area contributed by atoms with Crippen molar-refractivity contribution in [3.8, 4) is 0 Å². The van der Waals surface area contributed by atoms with Gasteiger partial charge in [-0.05, 0) is 44.9 Å². The summed E-state index contributed by atoms with van der Waals surface area (Å²) in [4.78, 5) is 12.0. The average molecular weight is 286 g/mol. The fourth-order valence-corrected chi connectivity index (χ4v) is 2.66. The molecule has 0 aromatic carbocycles. The molecule has 0 aromatic heterocycles. The van der Waals surface area contributed by atoms with Crippen LogP contribution in [-0.4, -0.2) is 44.4 Å². The van der Waals surface area contributed by atoms with Gasteiger partial charge >= 0.3 is 0 Å². The molecule has 1 aliphatic carbocycles. The lowest BCUT2D eigenvalue weighted by Gasteiger charge is -2.40. The van der Waals surface area contributed by atoms with E-state index in [2.05, 4.69) is 12.2 Å². The highest BCUT2D eigenvalue weighted by atomic mass is 16.5. The number of methoxy groups -OCH3 is 1. The van der Waals surface area contributed by atoms with Gasteiger partial charge in [-0.15, -0.1) is 0 Å². The number of carbonyl (C=O) groups excluding carboxylic acids is 1. The van der Waals surface area contributed by atoms with Crippen molar-refractivity contribution in [2.75, 3.05) is 26.8 Å². The first-order valence-corrected chi connectivity index (χ1v) is 7.67. The van der Waals surface area contributed by atoms with Gasteiger partial charge in [-0.3, -0.25) is 4.79 Å². The van der Waals surface area contributed by atoms with E-state index in [1.165, 1.54) is 0 Å². The van der Waals surface area contributed by atoms with E-state index in [-0.39, 0.29) is 11.5 Å². The van der Waals surface area contributed by atoms with Gasteiger partial charge in [0.2, 0.25) is 5.91 Å². The fraction of sp³-hybridized carbons (Fsp3) is 0.933. The maximum absolute atomic E-state index is 12.0. The lowest BCUT2D eigenvalue weighted by Crippen LogP contribution is -2.49. The third-order valence-corrected chi connectivity index (χ3v) is 4.18. The van der Waals surface area contributed by atoms with Crippen LogP contribution in [0.25, 0.3) is 0 Å². The molecule has 0 bridgehead atoms. The monoisotopic (exact) mass is 286 g/mol. The van der Waals surface area contributed by atoms with Crippen LogP contribution in [0, 0.1) is 5.92 Å². The van der Waals surface area contributed by atoms with Crippen LogP contribution >= 0.6 is 0 Å². The maximum atomic E-state index is 12.0. The van der Waals surface area contributed by atoms with Crippen LogP contribution < -0.4 is 11.1 Å². The topological polar surface area (TPSA) is 73.6 Å². The molecule has 1 aliphatic rings. The van der Waals surface area contributed by atoms with Crippen molar-refractivity contribution in [3.05, 3.63) is 0 Å². The summed E-state index contributed by atoms with van der Waals surface area (Å²) < 4.78 is 11.0. The molecule has 5 heteroatoms. The number of amides is 1. The van der Waals surface area contributed by atoms with Crippen molar-refractivity contribution in [2.45, 2.75) is 57.7 Å². The Morgan fingerprint density at radius 3 is 2.65 bits per heavy atom. The van der Waals surface area contributed by atoms with Crippen LogP contribution in [-0.2, 0) is 14.3 Å². The molecule has 1 unspecified atom stereocenters. The van der Waals surface area contributed by atoms with E-state index in [0.29, 0.717) is 19.7 Å². The Kier molecular flexibility index (Phi) is 7.48. The summed E-state index contributed by atoms with van der Waals surface area (Å²) in [7, 11) is 1.66. The molecule has 5 nitrogen and oxygen atoms in total. The van der Waals surface area contributed by atoms with E-state index in [1.54, 1.807) is 14.0 Å². The summed E-state index contributed by atoms with van der Waals surface area (Å²) in [6.07, 6.45) is 4.51. The summed E-state index contributed by atoms with van der Waals surface area (Å²) in [5.74, 6) is 0.670. The van der Waals surface area contributed by atoms with Gasteiger partial charge in [-0.2, -0.15) is 0 Å². The minimum atomic E-state index is -0.450. The molecule has 1 fully saturated rings. The van der Waals surface area contributed by atoms with Gasteiger partial charge in [0.15, 0.2) is 0 Å². The third-order valence-electron chi connectivity index (χ3n) is 4.18. The molecule has 0 aliphatic heterocycles. The number of rotatable bonds is 8. The SMILES string of the molecule is COCCCNC(=O)C(C)OC1(CN)CCC(C)CC1. The molecule has 1 amide bonds. The largest absolute Gasteiger partial charge is 0.385 e. The second kappa shape index (κ2) is 8.60. The summed E-state index contributed by atoms with van der Waals surface area (Å²) in [6.45, 7) is 5.82. The zero-order valence-corrected chi connectivity index (χ0v) is 13.1. The van der Waals surface area contributed by atoms with Gasteiger partial charge in [0, 0.05) is 26.8 Å². The standard InChI is InChI=1S/C15H30N2O3/c1-12-5-7-15(11-16,8-6-12)20-13(2)14(18)17-9-4-10-19-3/h12-13H,4-11,16H2,1-3H3,(H,17,18). The quantitative estimate of drug-likeness (QED) is 0.662. The Labute approximate surface area is 122 Å². The van der Waals surface area contributed by atoms with E-state index in [9.17, 15) is 4.79 Å². The lowest BCUT2D eigenvalue weighted by atomic mass is 9.79. The number of nitrogens with one attached hydrogen (secondary N) is 1. The predicted octanol–water partition coefficient (Wildman–Crippen LogP) is 1.45. The summed E-state index contributed by atoms with van der Waals surface area (Å²) in [5.41, 5.74) is 5.59. The van der Waals surface area contributed by atoms with Crippen LogP contribution in [0.4, 0.5) is 0 Å². The Bertz CT molecular complexity index is 289. The van der Waals surface area contributed by atoms with Crippen LogP contribution in [0.1, 0.15) is 46.0 Å². The van der Waals surface area contributed by atoms with Crippen molar-refractivity contribution in [2.24, 2.45) is 11.7 Å². The van der Waals surface area contributed by atoms with E-state index in [1.807, 2.05) is 0 Å². The molecule has 20 heavy (non-hydrogen) atoms. The molecule has 0 radical (unpaired) electrons. The molecule has 1 saturated carbocycles. The number of hydrogen-bond acceptors (Lipinski definition) is 4. The van der Waals surface area contributed by atoms with Gasteiger partial charge in [0.25, 0.3) is 0 Å². The average Bonchev–Trinajstić information content (AvgIpc) is 2.46. The second-order valence-electron chi connectivity index (χ2n) is 5.97. The van der Waals surface area contributed by atoms with Crippen LogP contribution in [0.2, 0.25) is 0 Å². The second-order valence-corrected chi connectivity index (χ2v) is 5.97. The van der Waals surface area contributed by atoms with Crippen molar-refractivity contribution in [3.63, 3.8) is 0 Å². The molecule has 0 heterocycles. The Morgan fingerprint density at radius 2 is 2.10 bits per heavy atom. The molecule has 0 spiro atoms. The normalized spacial score (nSPS) is 28.1. The van der Waals surface area contributed by atoms with E-state index < -0.39 is 6.10 Å². The lowest BCUT2D eigenvalue weighted by molar-refractivity contribution is -0.150. The third kappa shape index (κ3) is 5.38. The smallest absolute Gasteiger partial charge is 0.248 e. The number of ether oxygens (including phenoxy) is 2. The first-order valence-electron chi connectivity index (χ1n) is 7.67. The minimum Gasteiger partial charge on any atom is -0.385 e. The highest BCUT2D eigenvalue weighted by Gasteiger charge is 2.36. The molecule has 0 saturated heterocycles. The Morgan fingerprint density at radius 1 is 1.45 bits per heavy atom. The predicted molar refractivity (Wildman–Crippen MR) is 79.5 cm³/mol. The maximum Gasteiger partial charge on any atom is 0.248 e. The molecular weight excluding hydrogens is 256 g/mol. The van der Waals surface area contributed by atoms with Gasteiger partial charge in [0.1, 0.15) is 6.10 Å². The Hall–Kier alpha value is -0.650. The van der Waals surface area contributed by atoms with E-state index >= 15 is 0 Å². The van der Waals surface area contributed by atoms with Crippen molar-refractivity contribution >= 4 is 5.91 Å². The molecule has 1 rings (SSSR count). The molecule has 0 aromatic rings. The van der Waals surface area contributed by atoms with Crippen LogP contribution in [0.3, 0.4) is 0 Å². The number of hydrogen-bond donors (Lipinski definition) is 2. The molecular formula is C15H30N2O3. The highest BCUT2D eigenvalue weighted by molar-refractivity contribution is 5.80. The minimum absolute atomic E-state index is 0.0625. The fourth-order valence-electron chi connectivity index (χ4n) is 2.66. The molecule has 118 valence electrons. The number of carbonyl (C=O) groups is 1. The summed E-state index contributed by atoms with van der Waals surface area (Å²) >= 11 is 0. The first kappa shape index (κ1) is 17.4. The summed E-state index contributed by atoms with van der Waals surface area (Å²) in [5, 5.41) is 2.87. The highest BCUT2D eigenvalue weighted by Crippen LogP contribution is 2.34. The summed E-state index contributed by atoms with van der Waals surface area (Å²) in [6, 6.07) is 0. The van der Waals surface area contributed by atoms with Gasteiger partial charge in [-0.25, -0.2) is 0 Å². The first-order chi connectivity index (χ1) is 9.53. The van der Waals surface area contributed by atoms with Crippen molar-refractivity contribution in [1.29, 1.82) is 0 Å². The molecule has 3 N–H and O–H groups in total. The van der Waals surface area contributed by atoms with Gasteiger partial charge in [0.05, 0.1) is 5.60 Å². The van der Waals surface area contributed by atoms with Crippen LogP contribution in [0.5, 0.6) is 0 Å². The van der Waals surface area contributed by atoms with Gasteiger partial charge < -0.3 is 20.5 Å². The van der Waals surface area contributed by atoms with E-state index in [0.717, 1.165) is 38.0 Å².